The second kappa shape index (κ2) is 11.9. The van der Waals surface area contributed by atoms with Crippen LogP contribution in [0, 0.1) is 13.8 Å². The highest BCUT2D eigenvalue weighted by Crippen LogP contribution is 2.35. The van der Waals surface area contributed by atoms with Gasteiger partial charge in [0, 0.05) is 31.5 Å². The zero-order chi connectivity index (χ0) is 28.3. The van der Waals surface area contributed by atoms with Crippen LogP contribution in [-0.4, -0.2) is 42.2 Å². The topological polar surface area (TPSA) is 135 Å². The summed E-state index contributed by atoms with van der Waals surface area (Å²) < 4.78 is 4.04. The predicted molar refractivity (Wildman–Crippen MR) is 156 cm³/mol. The van der Waals surface area contributed by atoms with E-state index < -0.39 is 17.9 Å². The number of primary amides is 1. The number of amides is 3. The Bertz CT molecular complexity index is 1340. The Morgan fingerprint density at radius 2 is 1.59 bits per heavy atom. The third kappa shape index (κ3) is 6.22. The number of carbonyl (C=O) groups is 3. The van der Waals surface area contributed by atoms with Crippen LogP contribution < -0.4 is 26.6 Å². The maximum atomic E-state index is 14.3. The van der Waals surface area contributed by atoms with Gasteiger partial charge in [0.05, 0.1) is 5.69 Å². The van der Waals surface area contributed by atoms with Crippen molar-refractivity contribution in [2.45, 2.75) is 58.0 Å². The van der Waals surface area contributed by atoms with Crippen LogP contribution in [0.2, 0.25) is 0 Å². The maximum absolute atomic E-state index is 14.3. The molecule has 1 aliphatic carbocycles. The number of benzene rings is 2. The molecule has 0 spiro atoms. The number of nitrogen functional groups attached to an aromatic ring is 1. The molecule has 3 aromatic rings. The molecule has 1 saturated carbocycles. The molecule has 1 atom stereocenters. The largest absolute Gasteiger partial charge is 0.395 e. The van der Waals surface area contributed by atoms with Gasteiger partial charge in [-0.1, -0.05) is 37.5 Å². The molecule has 0 bridgehead atoms. The number of nitrogens with one attached hydrogen (secondary N) is 1. The minimum Gasteiger partial charge on any atom is -0.395 e. The van der Waals surface area contributed by atoms with E-state index in [-0.39, 0.29) is 28.2 Å². The highest BCUT2D eigenvalue weighted by Gasteiger charge is 2.37. The van der Waals surface area contributed by atoms with Crippen molar-refractivity contribution >= 4 is 46.3 Å². The number of hydrogen-bond donors (Lipinski definition) is 3. The second-order valence-corrected chi connectivity index (χ2v) is 11.2. The van der Waals surface area contributed by atoms with E-state index in [0.717, 1.165) is 60.5 Å². The average Bonchev–Trinajstić information content (AvgIpc) is 3.28. The fourth-order valence-electron chi connectivity index (χ4n) is 5.11. The zero-order valence-electron chi connectivity index (χ0n) is 22.9. The van der Waals surface area contributed by atoms with Crippen molar-refractivity contribution in [3.63, 3.8) is 0 Å². The number of rotatable bonds is 8. The van der Waals surface area contributed by atoms with Gasteiger partial charge in [0.25, 0.3) is 11.8 Å². The van der Waals surface area contributed by atoms with Crippen LogP contribution in [0.5, 0.6) is 0 Å². The summed E-state index contributed by atoms with van der Waals surface area (Å²) in [5.41, 5.74) is 15.4. The summed E-state index contributed by atoms with van der Waals surface area (Å²) in [5.74, 6) is -1.61. The van der Waals surface area contributed by atoms with Gasteiger partial charge in [-0.2, -0.15) is 4.37 Å². The van der Waals surface area contributed by atoms with E-state index in [1.165, 1.54) is 4.90 Å². The summed E-state index contributed by atoms with van der Waals surface area (Å²) in [6.45, 7) is 3.88. The van der Waals surface area contributed by atoms with Crippen molar-refractivity contribution in [1.82, 2.24) is 9.69 Å². The third-order valence-corrected chi connectivity index (χ3v) is 7.89. The number of hydrogen-bond acceptors (Lipinski definition) is 7. The van der Waals surface area contributed by atoms with Crippen LogP contribution in [-0.2, 0) is 4.79 Å². The highest BCUT2D eigenvalue weighted by molar-refractivity contribution is 7.09. The summed E-state index contributed by atoms with van der Waals surface area (Å²) in [4.78, 5) is 43.8. The number of aromatic nitrogens is 1. The highest BCUT2D eigenvalue weighted by atomic mass is 32.1. The fourth-order valence-corrected chi connectivity index (χ4v) is 5.85. The molecule has 206 valence electrons. The van der Waals surface area contributed by atoms with Crippen molar-refractivity contribution in [1.29, 1.82) is 0 Å². The number of nitrogens with two attached hydrogens (primary N) is 2. The number of nitrogens with zero attached hydrogens (tertiary/aromatic N) is 3. The van der Waals surface area contributed by atoms with Gasteiger partial charge < -0.3 is 21.7 Å². The van der Waals surface area contributed by atoms with Crippen molar-refractivity contribution in [2.24, 2.45) is 5.73 Å². The van der Waals surface area contributed by atoms with E-state index >= 15 is 0 Å². The summed E-state index contributed by atoms with van der Waals surface area (Å²) in [6, 6.07) is 12.4. The summed E-state index contributed by atoms with van der Waals surface area (Å²) >= 11 is 0.805. The molecule has 39 heavy (non-hydrogen) atoms. The molecule has 0 radical (unpaired) electrons. The van der Waals surface area contributed by atoms with Gasteiger partial charge in [-0.3, -0.25) is 19.3 Å². The monoisotopic (exact) mass is 548 g/mol. The first-order valence-electron chi connectivity index (χ1n) is 13.1. The Kier molecular flexibility index (Phi) is 8.54. The molecule has 1 heterocycles. The molecule has 0 unspecified atom stereocenters. The Morgan fingerprint density at radius 1 is 0.974 bits per heavy atom. The summed E-state index contributed by atoms with van der Waals surface area (Å²) in [5, 5.41) is 3.22. The van der Waals surface area contributed by atoms with E-state index in [2.05, 4.69) is 9.69 Å². The van der Waals surface area contributed by atoms with Crippen molar-refractivity contribution in [3.05, 3.63) is 69.7 Å². The molecule has 2 aromatic carbocycles. The van der Waals surface area contributed by atoms with Crippen LogP contribution in [0.1, 0.15) is 75.0 Å². The lowest BCUT2D eigenvalue weighted by molar-refractivity contribution is -0.123. The molecule has 4 rings (SSSR count). The lowest BCUT2D eigenvalue weighted by Gasteiger charge is -2.34. The van der Waals surface area contributed by atoms with E-state index in [9.17, 15) is 14.4 Å². The third-order valence-electron chi connectivity index (χ3n) is 7.04. The maximum Gasteiger partial charge on any atom is 0.273 e. The SMILES string of the molecule is Cc1cc(C)cc(N(C(=O)c2snc(C(N)=O)c2N)[C@@H](C(=O)NC2CCCCC2)c2ccc(N(C)C)cc2)c1. The number of carbonyl (C=O) groups excluding carboxylic acids is 3. The minimum atomic E-state index is -0.990. The van der Waals surface area contributed by atoms with Crippen LogP contribution in [0.4, 0.5) is 17.1 Å². The van der Waals surface area contributed by atoms with Crippen molar-refractivity contribution < 1.29 is 14.4 Å². The molecule has 1 fully saturated rings. The van der Waals surface area contributed by atoms with Gasteiger partial charge in [0.2, 0.25) is 5.91 Å². The Morgan fingerprint density at radius 3 is 2.13 bits per heavy atom. The molecule has 10 heteroatoms. The van der Waals surface area contributed by atoms with Crippen LogP contribution >= 0.6 is 11.5 Å². The Balaban J connectivity index is 1.87. The smallest absolute Gasteiger partial charge is 0.273 e. The van der Waals surface area contributed by atoms with Crippen LogP contribution in [0.15, 0.2) is 42.5 Å². The quantitative estimate of drug-likeness (QED) is 0.383. The fraction of sp³-hybridized carbons (Fsp3) is 0.379. The average molecular weight is 549 g/mol. The van der Waals surface area contributed by atoms with Crippen LogP contribution in [0.25, 0.3) is 0 Å². The van der Waals surface area contributed by atoms with Gasteiger partial charge in [-0.25, -0.2) is 0 Å². The molecule has 5 N–H and O–H groups in total. The summed E-state index contributed by atoms with van der Waals surface area (Å²) in [7, 11) is 3.88. The van der Waals surface area contributed by atoms with Gasteiger partial charge in [-0.05, 0) is 79.2 Å². The molecule has 0 saturated heterocycles. The lowest BCUT2D eigenvalue weighted by atomic mass is 9.94. The second-order valence-electron chi connectivity index (χ2n) is 10.4. The first kappa shape index (κ1) is 28.1. The van der Waals surface area contributed by atoms with E-state index in [0.29, 0.717) is 11.3 Å². The number of aryl methyl sites for hydroxylation is 2. The molecule has 0 aliphatic heterocycles. The van der Waals surface area contributed by atoms with E-state index in [1.54, 1.807) is 0 Å². The van der Waals surface area contributed by atoms with Gasteiger partial charge in [-0.15, -0.1) is 0 Å². The van der Waals surface area contributed by atoms with E-state index in [1.807, 2.05) is 75.3 Å². The van der Waals surface area contributed by atoms with Crippen molar-refractivity contribution in [2.75, 3.05) is 29.6 Å². The normalized spacial score (nSPS) is 14.5. The standard InChI is InChI=1S/C29H36N6O3S/c1-17-14-18(2)16-22(15-17)35(29(38)26-23(30)24(27(31)36)33-39-26)25(19-10-12-21(13-11-19)34(3)4)28(37)32-20-8-6-5-7-9-20/h10-16,20,25H,5-9,30H2,1-4H3,(H2,31,36)(H,32,37)/t25-/m1/s1. The van der Waals surface area contributed by atoms with E-state index in [4.69, 9.17) is 11.5 Å². The molecule has 1 aliphatic rings. The zero-order valence-corrected chi connectivity index (χ0v) is 23.7. The minimum absolute atomic E-state index is 0.0425. The lowest BCUT2D eigenvalue weighted by Crippen LogP contribution is -2.47. The predicted octanol–water partition coefficient (Wildman–Crippen LogP) is 4.34. The first-order valence-corrected chi connectivity index (χ1v) is 13.9. The molecule has 3 amide bonds. The molecule has 1 aromatic heterocycles. The van der Waals surface area contributed by atoms with Crippen LogP contribution in [0.3, 0.4) is 0 Å². The number of anilines is 3. The molecular formula is C29H36N6O3S. The van der Waals surface area contributed by atoms with Gasteiger partial charge >= 0.3 is 0 Å². The first-order chi connectivity index (χ1) is 18.6. The molecule has 9 nitrogen and oxygen atoms in total. The Labute approximate surface area is 233 Å². The Hall–Kier alpha value is -3.92. The van der Waals surface area contributed by atoms with Gasteiger partial charge in [0.15, 0.2) is 5.69 Å². The van der Waals surface area contributed by atoms with Crippen molar-refractivity contribution in [3.8, 4) is 0 Å². The van der Waals surface area contributed by atoms with Gasteiger partial charge in [0.1, 0.15) is 10.9 Å². The molecular weight excluding hydrogens is 512 g/mol. The summed E-state index contributed by atoms with van der Waals surface area (Å²) in [6.07, 6.45) is 5.07.